The molecule has 0 aliphatic heterocycles. The number of aliphatic hydroxyl groups excluding tert-OH is 1. The molecule has 0 aromatic heterocycles. The zero-order chi connectivity index (χ0) is 11.7. The fourth-order valence-electron chi connectivity index (χ4n) is 1.08. The third-order valence-corrected chi connectivity index (χ3v) is 3.27. The SMILES string of the molecule is CCCCSCC(=O)NC(CO)C(C)C. The standard InChI is InChI=1S/C11H23NO2S/c1-4-5-6-15-8-11(14)12-10(7-13)9(2)3/h9-10,13H,4-8H2,1-3H3,(H,12,14). The predicted octanol–water partition coefficient (Wildman–Crippen LogP) is 1.65. The minimum absolute atomic E-state index is 0.0169. The Hall–Kier alpha value is -0.220. The van der Waals surface area contributed by atoms with Gasteiger partial charge in [0.2, 0.25) is 5.91 Å². The van der Waals surface area contributed by atoms with Crippen LogP contribution in [0.15, 0.2) is 0 Å². The molecule has 1 unspecified atom stereocenters. The van der Waals surface area contributed by atoms with Gasteiger partial charge in [-0.2, -0.15) is 11.8 Å². The van der Waals surface area contributed by atoms with Crippen molar-refractivity contribution in [2.24, 2.45) is 5.92 Å². The minimum Gasteiger partial charge on any atom is -0.394 e. The van der Waals surface area contributed by atoms with E-state index >= 15 is 0 Å². The van der Waals surface area contributed by atoms with E-state index < -0.39 is 0 Å². The van der Waals surface area contributed by atoms with Crippen molar-refractivity contribution in [3.05, 3.63) is 0 Å². The summed E-state index contributed by atoms with van der Waals surface area (Å²) in [6, 6.07) is -0.107. The van der Waals surface area contributed by atoms with Crippen molar-refractivity contribution in [2.75, 3.05) is 18.1 Å². The molecule has 0 spiro atoms. The number of hydrogen-bond acceptors (Lipinski definition) is 3. The predicted molar refractivity (Wildman–Crippen MR) is 66.1 cm³/mol. The molecule has 4 heteroatoms. The number of amides is 1. The number of thioether (sulfide) groups is 1. The maximum absolute atomic E-state index is 11.4. The first-order chi connectivity index (χ1) is 7.11. The average Bonchev–Trinajstić information content (AvgIpc) is 2.20. The Morgan fingerprint density at radius 3 is 2.60 bits per heavy atom. The van der Waals surface area contributed by atoms with E-state index in [0.29, 0.717) is 5.75 Å². The van der Waals surface area contributed by atoms with Crippen LogP contribution in [-0.2, 0) is 4.79 Å². The molecule has 0 aromatic carbocycles. The molecule has 0 aliphatic rings. The van der Waals surface area contributed by atoms with E-state index in [9.17, 15) is 4.79 Å². The second kappa shape index (κ2) is 9.04. The highest BCUT2D eigenvalue weighted by Gasteiger charge is 2.14. The smallest absolute Gasteiger partial charge is 0.230 e. The van der Waals surface area contributed by atoms with Gasteiger partial charge in [0.25, 0.3) is 0 Å². The molecular formula is C11H23NO2S. The van der Waals surface area contributed by atoms with Crippen LogP contribution < -0.4 is 5.32 Å². The van der Waals surface area contributed by atoms with E-state index in [1.807, 2.05) is 13.8 Å². The summed E-state index contributed by atoms with van der Waals surface area (Å²) < 4.78 is 0. The summed E-state index contributed by atoms with van der Waals surface area (Å²) in [4.78, 5) is 11.4. The van der Waals surface area contributed by atoms with E-state index in [-0.39, 0.29) is 24.5 Å². The molecule has 2 N–H and O–H groups in total. The Labute approximate surface area is 97.0 Å². The largest absolute Gasteiger partial charge is 0.394 e. The second-order valence-electron chi connectivity index (χ2n) is 4.01. The summed E-state index contributed by atoms with van der Waals surface area (Å²) >= 11 is 1.66. The topological polar surface area (TPSA) is 49.3 Å². The lowest BCUT2D eigenvalue weighted by molar-refractivity contribution is -0.119. The Morgan fingerprint density at radius 2 is 2.13 bits per heavy atom. The molecule has 0 saturated carbocycles. The van der Waals surface area contributed by atoms with Crippen LogP contribution in [0.4, 0.5) is 0 Å². The van der Waals surface area contributed by atoms with Crippen LogP contribution in [-0.4, -0.2) is 35.2 Å². The molecule has 15 heavy (non-hydrogen) atoms. The Balaban J connectivity index is 3.62. The van der Waals surface area contributed by atoms with Gasteiger partial charge in [-0.25, -0.2) is 0 Å². The number of carbonyl (C=O) groups excluding carboxylic acids is 1. The van der Waals surface area contributed by atoms with Crippen molar-refractivity contribution in [3.8, 4) is 0 Å². The molecule has 0 radical (unpaired) electrons. The third-order valence-electron chi connectivity index (χ3n) is 2.22. The number of nitrogens with one attached hydrogen (secondary N) is 1. The first-order valence-corrected chi connectivity index (χ1v) is 6.75. The van der Waals surface area contributed by atoms with Crippen LogP contribution in [0.3, 0.4) is 0 Å². The second-order valence-corrected chi connectivity index (χ2v) is 5.11. The highest BCUT2D eigenvalue weighted by molar-refractivity contribution is 7.99. The molecule has 1 amide bonds. The van der Waals surface area contributed by atoms with Crippen molar-refractivity contribution in [1.82, 2.24) is 5.32 Å². The number of hydrogen-bond donors (Lipinski definition) is 2. The fourth-order valence-corrected chi connectivity index (χ4v) is 1.99. The van der Waals surface area contributed by atoms with E-state index in [1.165, 1.54) is 6.42 Å². The van der Waals surface area contributed by atoms with Gasteiger partial charge in [-0.1, -0.05) is 27.2 Å². The molecule has 1 atom stereocenters. The lowest BCUT2D eigenvalue weighted by Crippen LogP contribution is -2.42. The molecule has 0 rings (SSSR count). The first kappa shape index (κ1) is 14.8. The Bertz CT molecular complexity index is 174. The van der Waals surface area contributed by atoms with Crippen molar-refractivity contribution in [3.63, 3.8) is 0 Å². The van der Waals surface area contributed by atoms with Crippen molar-refractivity contribution < 1.29 is 9.90 Å². The summed E-state index contributed by atoms with van der Waals surface area (Å²) in [5.74, 6) is 1.85. The Kier molecular flexibility index (Phi) is 8.91. The highest BCUT2D eigenvalue weighted by Crippen LogP contribution is 2.05. The van der Waals surface area contributed by atoms with Gasteiger partial charge >= 0.3 is 0 Å². The summed E-state index contributed by atoms with van der Waals surface area (Å²) in [5, 5.41) is 11.9. The molecule has 0 aromatic rings. The summed E-state index contributed by atoms with van der Waals surface area (Å²) in [5.41, 5.74) is 0. The zero-order valence-electron chi connectivity index (χ0n) is 9.95. The summed E-state index contributed by atoms with van der Waals surface area (Å²) in [6.45, 7) is 6.14. The highest BCUT2D eigenvalue weighted by atomic mass is 32.2. The van der Waals surface area contributed by atoms with Crippen molar-refractivity contribution in [1.29, 1.82) is 0 Å². The molecular weight excluding hydrogens is 210 g/mol. The monoisotopic (exact) mass is 233 g/mol. The lowest BCUT2D eigenvalue weighted by Gasteiger charge is -2.19. The average molecular weight is 233 g/mol. The molecule has 3 nitrogen and oxygen atoms in total. The quantitative estimate of drug-likeness (QED) is 0.627. The van der Waals surface area contributed by atoms with Gasteiger partial charge < -0.3 is 10.4 Å². The number of unbranched alkanes of at least 4 members (excludes halogenated alkanes) is 1. The van der Waals surface area contributed by atoms with Crippen LogP contribution in [0.5, 0.6) is 0 Å². The maximum Gasteiger partial charge on any atom is 0.230 e. The molecule has 0 aliphatic carbocycles. The summed E-state index contributed by atoms with van der Waals surface area (Å²) in [7, 11) is 0. The summed E-state index contributed by atoms with van der Waals surface area (Å²) in [6.07, 6.45) is 2.32. The van der Waals surface area contributed by atoms with Crippen LogP contribution in [0, 0.1) is 5.92 Å². The maximum atomic E-state index is 11.4. The van der Waals surface area contributed by atoms with Gasteiger partial charge in [0.15, 0.2) is 0 Å². The number of aliphatic hydroxyl groups is 1. The normalized spacial score (nSPS) is 12.9. The van der Waals surface area contributed by atoms with Gasteiger partial charge in [-0.15, -0.1) is 0 Å². The molecule has 0 heterocycles. The molecule has 0 saturated heterocycles. The van der Waals surface area contributed by atoms with Gasteiger partial charge in [0.05, 0.1) is 18.4 Å². The van der Waals surface area contributed by atoms with Crippen molar-refractivity contribution >= 4 is 17.7 Å². The zero-order valence-corrected chi connectivity index (χ0v) is 10.8. The fraction of sp³-hybridized carbons (Fsp3) is 0.909. The van der Waals surface area contributed by atoms with Gasteiger partial charge in [0, 0.05) is 0 Å². The van der Waals surface area contributed by atoms with E-state index in [2.05, 4.69) is 12.2 Å². The van der Waals surface area contributed by atoms with Crippen LogP contribution in [0.2, 0.25) is 0 Å². The number of rotatable bonds is 8. The van der Waals surface area contributed by atoms with E-state index in [0.717, 1.165) is 12.2 Å². The molecule has 0 bridgehead atoms. The third kappa shape index (κ3) is 7.68. The number of carbonyl (C=O) groups is 1. The van der Waals surface area contributed by atoms with Crippen LogP contribution >= 0.6 is 11.8 Å². The first-order valence-electron chi connectivity index (χ1n) is 5.59. The molecule has 90 valence electrons. The van der Waals surface area contributed by atoms with Crippen LogP contribution in [0.1, 0.15) is 33.6 Å². The minimum atomic E-state index is -0.107. The lowest BCUT2D eigenvalue weighted by atomic mass is 10.1. The Morgan fingerprint density at radius 1 is 1.47 bits per heavy atom. The van der Waals surface area contributed by atoms with Crippen molar-refractivity contribution in [2.45, 2.75) is 39.7 Å². The van der Waals surface area contributed by atoms with E-state index in [4.69, 9.17) is 5.11 Å². The van der Waals surface area contributed by atoms with Gasteiger partial charge in [-0.3, -0.25) is 4.79 Å². The van der Waals surface area contributed by atoms with Gasteiger partial charge in [0.1, 0.15) is 0 Å². The van der Waals surface area contributed by atoms with E-state index in [1.54, 1.807) is 11.8 Å². The molecule has 0 fully saturated rings. The van der Waals surface area contributed by atoms with Crippen LogP contribution in [0.25, 0.3) is 0 Å². The van der Waals surface area contributed by atoms with Gasteiger partial charge in [-0.05, 0) is 18.1 Å².